The molecule has 15 nitrogen and oxygen atoms in total. The average molecular weight is 956 g/mol. The van der Waals surface area contributed by atoms with E-state index in [9.17, 15) is 64.8 Å². The van der Waals surface area contributed by atoms with E-state index in [1.54, 1.807) is 12.1 Å². The maximum atomic E-state index is 12.5. The minimum Gasteiger partial charge on any atom is -0.376 e. The first-order valence-electron chi connectivity index (χ1n) is 15.3. The molecule has 0 saturated heterocycles. The van der Waals surface area contributed by atoms with E-state index in [-0.39, 0.29) is 27.0 Å². The molecule has 0 saturated carbocycles. The largest absolute Gasteiger partial charge is 0.534 e. The number of amides is 1. The molecule has 0 unspecified atom stereocenters. The molecule has 0 aliphatic carbocycles. The second kappa shape index (κ2) is 18.5. The number of nitrogens with one attached hydrogen (secondary N) is 1. The molecule has 59 heavy (non-hydrogen) atoms. The number of sulfonamides is 2. The second-order valence-electron chi connectivity index (χ2n) is 11.3. The van der Waals surface area contributed by atoms with Gasteiger partial charge in [-0.1, -0.05) is 47.5 Å². The molecule has 4 aromatic carbocycles. The predicted octanol–water partition coefficient (Wildman–Crippen LogP) is 6.00. The minimum atomic E-state index is -5.87. The molecule has 4 aromatic rings. The second-order valence-corrected chi connectivity index (χ2v) is 18.8. The number of alkyl halides is 6. The van der Waals surface area contributed by atoms with Gasteiger partial charge in [0, 0.05) is 39.2 Å². The number of benzene rings is 4. The summed E-state index contributed by atoms with van der Waals surface area (Å²) in [6, 6.07) is 20.6. The van der Waals surface area contributed by atoms with Crippen molar-refractivity contribution in [1.29, 1.82) is 0 Å². The third kappa shape index (κ3) is 14.1. The molecule has 0 spiro atoms. The Morgan fingerprint density at radius 1 is 0.576 bits per heavy atom. The molecule has 0 atom stereocenters. The van der Waals surface area contributed by atoms with E-state index in [4.69, 9.17) is 23.2 Å². The van der Waals surface area contributed by atoms with Crippen molar-refractivity contribution >= 4 is 80.8 Å². The van der Waals surface area contributed by atoms with Crippen LogP contribution >= 0.6 is 23.2 Å². The number of halogens is 8. The predicted molar refractivity (Wildman–Crippen MR) is 204 cm³/mol. The van der Waals surface area contributed by atoms with Gasteiger partial charge < -0.3 is 8.37 Å². The Kier molecular flexibility index (Phi) is 15.2. The Labute approximate surface area is 343 Å². The first-order chi connectivity index (χ1) is 26.9. The molecular weight excluding hydrogens is 930 g/mol. The summed E-state index contributed by atoms with van der Waals surface area (Å²) in [7, 11) is -19.4. The van der Waals surface area contributed by atoms with Crippen LogP contribution in [0.1, 0.15) is 29.2 Å². The van der Waals surface area contributed by atoms with Gasteiger partial charge in [0.2, 0.25) is 10.0 Å². The van der Waals surface area contributed by atoms with Crippen molar-refractivity contribution in [2.24, 2.45) is 10.2 Å². The van der Waals surface area contributed by atoms with Crippen LogP contribution in [0.5, 0.6) is 11.5 Å². The number of carbonyl (C=O) groups is 1. The fourth-order valence-electron chi connectivity index (χ4n) is 4.08. The maximum absolute atomic E-state index is 12.5. The number of hydrazone groups is 2. The highest BCUT2D eigenvalue weighted by Gasteiger charge is 2.49. The fraction of sp³-hybridized carbons (Fsp3) is 0.156. The average Bonchev–Trinajstić information content (AvgIpc) is 3.09. The Bertz CT molecular complexity index is 2670. The standard InChI is InChI=1S/C17H14ClF3N2O6S2.C15H12ClF3N2O5S2/c1-11(24)23(30(2,25)26)22-16(12-3-7-14(18)8-4-12)13-5-9-15(10-6-13)29-31(27,28)17(19,20)21;1-27(22,23)21-20-14(10-2-6-12(16)7-3-10)11-4-8-13(9-5-11)26-28(24,25)15(17,18)19/h3-10H,1-2H3;2-9,21H,1H3. The van der Waals surface area contributed by atoms with Crippen molar-refractivity contribution in [3.8, 4) is 11.5 Å². The lowest BCUT2D eigenvalue weighted by Gasteiger charge is -2.16. The number of nitrogens with zero attached hydrogens (tertiary/aromatic N) is 3. The summed E-state index contributed by atoms with van der Waals surface area (Å²) >= 11 is 11.7. The van der Waals surface area contributed by atoms with Crippen LogP contribution in [0.25, 0.3) is 0 Å². The molecule has 0 heterocycles. The molecule has 0 aliphatic heterocycles. The van der Waals surface area contributed by atoms with E-state index in [0.29, 0.717) is 21.2 Å². The summed E-state index contributed by atoms with van der Waals surface area (Å²) in [6.45, 7) is 0.975. The Hall–Kier alpha value is -4.95. The normalized spacial score (nSPS) is 13.1. The molecule has 0 fully saturated rings. The molecule has 0 aliphatic rings. The van der Waals surface area contributed by atoms with E-state index >= 15 is 0 Å². The summed E-state index contributed by atoms with van der Waals surface area (Å²) in [6.07, 6.45) is 1.64. The van der Waals surface area contributed by atoms with E-state index in [0.717, 1.165) is 55.8 Å². The van der Waals surface area contributed by atoms with Crippen molar-refractivity contribution in [2.75, 3.05) is 12.5 Å². The first kappa shape index (κ1) is 48.4. The van der Waals surface area contributed by atoms with E-state index in [1.807, 2.05) is 4.83 Å². The van der Waals surface area contributed by atoms with E-state index < -0.39 is 68.7 Å². The van der Waals surface area contributed by atoms with Crippen LogP contribution in [0.4, 0.5) is 26.3 Å². The zero-order chi connectivity index (χ0) is 44.8. The van der Waals surface area contributed by atoms with Gasteiger partial charge in [-0.3, -0.25) is 4.79 Å². The first-order valence-corrected chi connectivity index (χ1v) is 22.6. The van der Waals surface area contributed by atoms with Crippen LogP contribution in [0.15, 0.2) is 107 Å². The molecule has 4 rings (SSSR count). The Morgan fingerprint density at radius 2 is 0.881 bits per heavy atom. The van der Waals surface area contributed by atoms with Gasteiger partial charge in [-0.25, -0.2) is 21.7 Å². The number of rotatable bonds is 12. The van der Waals surface area contributed by atoms with Crippen LogP contribution < -0.4 is 13.2 Å². The topological polar surface area (TPSA) is 212 Å². The number of hydrogen-bond donors (Lipinski definition) is 1. The lowest BCUT2D eigenvalue weighted by atomic mass is 10.0. The Morgan fingerprint density at radius 3 is 1.15 bits per heavy atom. The number of hydrogen-bond acceptors (Lipinski definition) is 13. The van der Waals surface area contributed by atoms with Crippen molar-refractivity contribution in [1.82, 2.24) is 9.25 Å². The van der Waals surface area contributed by atoms with Crippen molar-refractivity contribution in [3.63, 3.8) is 0 Å². The highest BCUT2D eigenvalue weighted by atomic mass is 35.5. The van der Waals surface area contributed by atoms with Crippen molar-refractivity contribution < 1.29 is 73.2 Å². The summed E-state index contributed by atoms with van der Waals surface area (Å²) in [4.78, 5) is 13.7. The van der Waals surface area contributed by atoms with Crippen LogP contribution in [-0.4, -0.2) is 78.9 Å². The number of carbonyl (C=O) groups excluding carboxylic acids is 1. The molecule has 0 aromatic heterocycles. The maximum Gasteiger partial charge on any atom is 0.534 e. The summed E-state index contributed by atoms with van der Waals surface area (Å²) in [5, 5.41) is 8.47. The monoisotopic (exact) mass is 954 g/mol. The zero-order valence-electron chi connectivity index (χ0n) is 29.7. The van der Waals surface area contributed by atoms with Crippen molar-refractivity contribution in [3.05, 3.63) is 129 Å². The third-order valence-electron chi connectivity index (χ3n) is 6.57. The van der Waals surface area contributed by atoms with E-state index in [2.05, 4.69) is 18.6 Å². The molecule has 1 amide bonds. The third-order valence-corrected chi connectivity index (χ3v) is 10.4. The molecule has 27 heteroatoms. The van der Waals surface area contributed by atoms with Gasteiger partial charge >= 0.3 is 31.3 Å². The highest BCUT2D eigenvalue weighted by Crippen LogP contribution is 2.29. The van der Waals surface area contributed by atoms with Gasteiger partial charge in [-0.15, -0.1) is 4.41 Å². The summed E-state index contributed by atoms with van der Waals surface area (Å²) < 4.78 is 174. The highest BCUT2D eigenvalue weighted by molar-refractivity contribution is 7.89. The van der Waals surface area contributed by atoms with Gasteiger partial charge in [0.05, 0.1) is 23.9 Å². The Balaban J connectivity index is 0.000000317. The van der Waals surface area contributed by atoms with Gasteiger partial charge in [0.15, 0.2) is 0 Å². The lowest BCUT2D eigenvalue weighted by molar-refractivity contribution is -0.124. The molecule has 320 valence electrons. The van der Waals surface area contributed by atoms with Crippen LogP contribution in [0.2, 0.25) is 10.0 Å². The fourth-order valence-corrected chi connectivity index (χ4v) is 6.20. The summed E-state index contributed by atoms with van der Waals surface area (Å²) in [5.74, 6) is -2.12. The smallest absolute Gasteiger partial charge is 0.376 e. The van der Waals surface area contributed by atoms with Crippen LogP contribution in [0.3, 0.4) is 0 Å². The summed E-state index contributed by atoms with van der Waals surface area (Å²) in [5.41, 5.74) is -9.94. The SMILES string of the molecule is CC(=O)N(N=C(c1ccc(Cl)cc1)c1ccc(OS(=O)(=O)C(F)(F)F)cc1)S(C)(=O)=O.CS(=O)(=O)NN=C(c1ccc(Cl)cc1)c1ccc(OS(=O)(=O)C(F)(F)F)cc1. The van der Waals surface area contributed by atoms with Gasteiger partial charge in [-0.2, -0.15) is 53.4 Å². The quantitative estimate of drug-likeness (QED) is 0.0572. The molecule has 0 bridgehead atoms. The molecule has 0 radical (unpaired) electrons. The molecular formula is C32H26Cl2F6N4O11S4. The van der Waals surface area contributed by atoms with E-state index in [1.165, 1.54) is 48.5 Å². The lowest BCUT2D eigenvalue weighted by Crippen LogP contribution is -2.31. The molecule has 1 N–H and O–H groups in total. The van der Waals surface area contributed by atoms with Gasteiger partial charge in [-0.05, 0) is 72.8 Å². The zero-order valence-corrected chi connectivity index (χ0v) is 34.5. The van der Waals surface area contributed by atoms with Gasteiger partial charge in [0.1, 0.15) is 11.5 Å². The van der Waals surface area contributed by atoms with Crippen LogP contribution in [-0.2, 0) is 45.1 Å². The van der Waals surface area contributed by atoms with Crippen LogP contribution in [0, 0.1) is 0 Å². The van der Waals surface area contributed by atoms with Crippen molar-refractivity contribution in [2.45, 2.75) is 17.9 Å². The van der Waals surface area contributed by atoms with Gasteiger partial charge in [0.25, 0.3) is 15.9 Å². The minimum absolute atomic E-state index is 0.0532.